The molecule has 0 saturated carbocycles. The Balaban J connectivity index is 2.88. The number of hydrogen-bond acceptors (Lipinski definition) is 5. The number of Topliss-reactive ketones (excluding diaryl/α,β-unsaturated/α-hetero) is 1. The first-order valence-corrected chi connectivity index (χ1v) is 6.61. The Hall–Kier alpha value is -2.17. The smallest absolute Gasteiger partial charge is 0.205 e. The van der Waals surface area contributed by atoms with Crippen LogP contribution in [0.1, 0.15) is 36.7 Å². The predicted molar refractivity (Wildman–Crippen MR) is 79.8 cm³/mol. The molecule has 0 aliphatic carbocycles. The van der Waals surface area contributed by atoms with Gasteiger partial charge in [0.1, 0.15) is 16.9 Å². The summed E-state index contributed by atoms with van der Waals surface area (Å²) >= 11 is 0. The van der Waals surface area contributed by atoms with Crippen molar-refractivity contribution in [1.82, 2.24) is 0 Å². The Bertz CT molecular complexity index is 614. The molecule has 0 unspecified atom stereocenters. The Labute approximate surface area is 124 Å². The van der Waals surface area contributed by atoms with Crippen molar-refractivity contribution in [2.45, 2.75) is 26.4 Å². The van der Waals surface area contributed by atoms with E-state index < -0.39 is 5.60 Å². The lowest BCUT2D eigenvalue weighted by molar-refractivity contribution is 0.101. The highest BCUT2D eigenvalue weighted by Crippen LogP contribution is 2.52. The lowest BCUT2D eigenvalue weighted by Gasteiger charge is -2.31. The largest absolute Gasteiger partial charge is 0.495 e. The second kappa shape index (κ2) is 5.31. The minimum absolute atomic E-state index is 0.164. The van der Waals surface area contributed by atoms with Crippen LogP contribution in [0.2, 0.25) is 0 Å². The number of carbonyl (C=O) groups is 1. The van der Waals surface area contributed by atoms with Crippen LogP contribution in [0.4, 0.5) is 0 Å². The van der Waals surface area contributed by atoms with Gasteiger partial charge in [-0.15, -0.1) is 0 Å². The van der Waals surface area contributed by atoms with Crippen molar-refractivity contribution in [3.63, 3.8) is 0 Å². The fourth-order valence-corrected chi connectivity index (χ4v) is 2.43. The highest BCUT2D eigenvalue weighted by molar-refractivity contribution is 6.03. The van der Waals surface area contributed by atoms with Crippen LogP contribution in [0, 0.1) is 0 Å². The van der Waals surface area contributed by atoms with Crippen LogP contribution in [0.25, 0.3) is 6.08 Å². The zero-order chi connectivity index (χ0) is 15.8. The van der Waals surface area contributed by atoms with Crippen LogP contribution < -0.4 is 18.9 Å². The van der Waals surface area contributed by atoms with E-state index in [1.165, 1.54) is 28.3 Å². The van der Waals surface area contributed by atoms with Gasteiger partial charge in [0.15, 0.2) is 17.3 Å². The van der Waals surface area contributed by atoms with E-state index in [1.807, 2.05) is 26.0 Å². The molecule has 21 heavy (non-hydrogen) atoms. The molecule has 1 aliphatic rings. The lowest BCUT2D eigenvalue weighted by atomic mass is 9.96. The summed E-state index contributed by atoms with van der Waals surface area (Å²) in [7, 11) is 4.52. The van der Waals surface area contributed by atoms with Gasteiger partial charge in [-0.1, -0.05) is 0 Å². The molecule has 0 saturated heterocycles. The molecule has 0 amide bonds. The second-order valence-corrected chi connectivity index (χ2v) is 5.31. The van der Waals surface area contributed by atoms with Gasteiger partial charge < -0.3 is 18.9 Å². The van der Waals surface area contributed by atoms with Crippen LogP contribution in [-0.4, -0.2) is 32.7 Å². The molecule has 0 fully saturated rings. The van der Waals surface area contributed by atoms with Crippen molar-refractivity contribution in [2.24, 2.45) is 0 Å². The number of benzene rings is 1. The summed E-state index contributed by atoms with van der Waals surface area (Å²) < 4.78 is 22.2. The molecule has 1 aromatic carbocycles. The van der Waals surface area contributed by atoms with Crippen LogP contribution >= 0.6 is 0 Å². The number of methoxy groups -OCH3 is 3. The van der Waals surface area contributed by atoms with E-state index in [9.17, 15) is 4.79 Å². The zero-order valence-corrected chi connectivity index (χ0v) is 13.2. The normalized spacial score (nSPS) is 15.0. The van der Waals surface area contributed by atoms with E-state index in [0.717, 1.165) is 0 Å². The molecule has 1 aliphatic heterocycles. The highest BCUT2D eigenvalue weighted by atomic mass is 16.5. The lowest BCUT2D eigenvalue weighted by Crippen LogP contribution is -2.28. The molecule has 0 N–H and O–H groups in total. The van der Waals surface area contributed by atoms with Gasteiger partial charge in [0.25, 0.3) is 0 Å². The summed E-state index contributed by atoms with van der Waals surface area (Å²) in [5, 5.41) is 0. The Morgan fingerprint density at radius 3 is 2.10 bits per heavy atom. The molecule has 0 radical (unpaired) electrons. The first-order chi connectivity index (χ1) is 9.86. The number of ether oxygens (including phenoxy) is 4. The first-order valence-electron chi connectivity index (χ1n) is 6.61. The number of fused-ring (bicyclic) bond motifs is 1. The second-order valence-electron chi connectivity index (χ2n) is 5.31. The van der Waals surface area contributed by atoms with Crippen molar-refractivity contribution in [1.29, 1.82) is 0 Å². The Kier molecular flexibility index (Phi) is 3.85. The molecule has 5 heteroatoms. The third-order valence-electron chi connectivity index (χ3n) is 3.34. The monoisotopic (exact) mass is 292 g/mol. The minimum atomic E-state index is -0.478. The fourth-order valence-electron chi connectivity index (χ4n) is 2.43. The van der Waals surface area contributed by atoms with Crippen molar-refractivity contribution >= 4 is 11.9 Å². The van der Waals surface area contributed by atoms with Crippen molar-refractivity contribution in [3.8, 4) is 23.0 Å². The summed E-state index contributed by atoms with van der Waals surface area (Å²) in [6.45, 7) is 5.33. The maximum absolute atomic E-state index is 12.0. The van der Waals surface area contributed by atoms with E-state index in [0.29, 0.717) is 34.1 Å². The average molecular weight is 292 g/mol. The summed E-state index contributed by atoms with van der Waals surface area (Å²) in [4.78, 5) is 12.0. The number of rotatable bonds is 4. The third-order valence-corrected chi connectivity index (χ3v) is 3.34. The molecular formula is C16H20O5. The fraction of sp³-hybridized carbons (Fsp3) is 0.438. The number of ketones is 1. The van der Waals surface area contributed by atoms with Crippen molar-refractivity contribution < 1.29 is 23.7 Å². The van der Waals surface area contributed by atoms with Gasteiger partial charge in [0, 0.05) is 0 Å². The quantitative estimate of drug-likeness (QED) is 0.798. The maximum Gasteiger partial charge on any atom is 0.205 e. The maximum atomic E-state index is 12.0. The van der Waals surface area contributed by atoms with Crippen molar-refractivity contribution in [3.05, 3.63) is 17.2 Å². The van der Waals surface area contributed by atoms with Gasteiger partial charge in [-0.05, 0) is 32.9 Å². The van der Waals surface area contributed by atoms with Gasteiger partial charge >= 0.3 is 0 Å². The molecule has 0 atom stereocenters. The Morgan fingerprint density at radius 1 is 1.05 bits per heavy atom. The van der Waals surface area contributed by atoms with Gasteiger partial charge in [-0.25, -0.2) is 0 Å². The van der Waals surface area contributed by atoms with Gasteiger partial charge in [-0.2, -0.15) is 0 Å². The molecule has 0 spiro atoms. The van der Waals surface area contributed by atoms with Crippen LogP contribution in [-0.2, 0) is 0 Å². The number of carbonyl (C=O) groups excluding carboxylic acids is 1. The Morgan fingerprint density at radius 2 is 1.62 bits per heavy atom. The minimum Gasteiger partial charge on any atom is -0.495 e. The average Bonchev–Trinajstić information content (AvgIpc) is 2.43. The van der Waals surface area contributed by atoms with E-state index in [-0.39, 0.29) is 5.78 Å². The van der Waals surface area contributed by atoms with Crippen LogP contribution in [0.15, 0.2) is 6.08 Å². The SMILES string of the molecule is COc1c2c(c(OC)c(C(C)=O)c1OC)C=CC(C)(C)O2. The van der Waals surface area contributed by atoms with Gasteiger partial charge in [0.2, 0.25) is 5.75 Å². The van der Waals surface area contributed by atoms with Crippen molar-refractivity contribution in [2.75, 3.05) is 21.3 Å². The summed E-state index contributed by atoms with van der Waals surface area (Å²) in [5.41, 5.74) is 0.553. The third kappa shape index (κ3) is 2.44. The van der Waals surface area contributed by atoms with Crippen LogP contribution in [0.5, 0.6) is 23.0 Å². The molecule has 2 rings (SSSR count). The summed E-state index contributed by atoms with van der Waals surface area (Å²) in [5.74, 6) is 1.51. The topological polar surface area (TPSA) is 54.0 Å². The van der Waals surface area contributed by atoms with Crippen LogP contribution in [0.3, 0.4) is 0 Å². The van der Waals surface area contributed by atoms with E-state index in [1.54, 1.807) is 0 Å². The standard InChI is InChI=1S/C16H20O5/c1-9(17)11-12(18-4)10-7-8-16(2,3)21-13(10)15(20-6)14(11)19-5/h7-8H,1-6H3. The van der Waals surface area contributed by atoms with Gasteiger partial charge in [0.05, 0.1) is 26.9 Å². The molecular weight excluding hydrogens is 272 g/mol. The molecule has 0 bridgehead atoms. The summed E-state index contributed by atoms with van der Waals surface area (Å²) in [6.07, 6.45) is 3.79. The first kappa shape index (κ1) is 15.2. The zero-order valence-electron chi connectivity index (χ0n) is 13.2. The van der Waals surface area contributed by atoms with E-state index >= 15 is 0 Å². The molecule has 114 valence electrons. The molecule has 1 heterocycles. The number of hydrogen-bond donors (Lipinski definition) is 0. The highest BCUT2D eigenvalue weighted by Gasteiger charge is 2.33. The van der Waals surface area contributed by atoms with E-state index in [2.05, 4.69) is 0 Å². The molecule has 1 aromatic rings. The predicted octanol–water partition coefficient (Wildman–Crippen LogP) is 3.10. The summed E-state index contributed by atoms with van der Waals surface area (Å²) in [6, 6.07) is 0. The van der Waals surface area contributed by atoms with E-state index in [4.69, 9.17) is 18.9 Å². The van der Waals surface area contributed by atoms with Gasteiger partial charge in [-0.3, -0.25) is 4.79 Å². The molecule has 0 aromatic heterocycles. The molecule has 5 nitrogen and oxygen atoms in total.